The lowest BCUT2D eigenvalue weighted by molar-refractivity contribution is 0.627. The summed E-state index contributed by atoms with van der Waals surface area (Å²) >= 11 is 0. The highest BCUT2D eigenvalue weighted by atomic mass is 19.1. The van der Waals surface area contributed by atoms with Gasteiger partial charge in [-0.1, -0.05) is 6.08 Å². The smallest absolute Gasteiger partial charge is 0.126 e. The van der Waals surface area contributed by atoms with Crippen LogP contribution >= 0.6 is 0 Å². The zero-order valence-corrected chi connectivity index (χ0v) is 6.14. The minimum atomic E-state index is -0.349. The Hall–Kier alpha value is -1.18. The standard InChI is InChI=1S/C9H8F2/c1-2-9(11)7-3-5-8(10)6-4-7/h2-6H,1H3. The maximum absolute atomic E-state index is 12.7. The Bertz CT molecular complexity index is 259. The van der Waals surface area contributed by atoms with E-state index < -0.39 is 0 Å². The zero-order valence-electron chi connectivity index (χ0n) is 6.14. The van der Waals surface area contributed by atoms with Crippen LogP contribution in [0.1, 0.15) is 12.5 Å². The van der Waals surface area contributed by atoms with Crippen LogP contribution in [0.25, 0.3) is 5.83 Å². The van der Waals surface area contributed by atoms with E-state index in [9.17, 15) is 8.78 Å². The molecule has 0 saturated carbocycles. The van der Waals surface area contributed by atoms with E-state index in [0.717, 1.165) is 0 Å². The number of rotatable bonds is 1. The van der Waals surface area contributed by atoms with E-state index in [1.165, 1.54) is 30.3 Å². The van der Waals surface area contributed by atoms with Gasteiger partial charge in [0.15, 0.2) is 0 Å². The molecule has 0 heterocycles. The van der Waals surface area contributed by atoms with Gasteiger partial charge in [-0.05, 0) is 31.2 Å². The first kappa shape index (κ1) is 7.92. The first-order chi connectivity index (χ1) is 5.24. The Morgan fingerprint density at radius 1 is 1.27 bits per heavy atom. The van der Waals surface area contributed by atoms with Crippen molar-refractivity contribution in [3.05, 3.63) is 41.7 Å². The normalized spacial score (nSPS) is 11.7. The zero-order chi connectivity index (χ0) is 8.27. The van der Waals surface area contributed by atoms with Crippen molar-refractivity contribution in [3.8, 4) is 0 Å². The Labute approximate surface area is 64.2 Å². The average Bonchev–Trinajstić information content (AvgIpc) is 2.05. The Morgan fingerprint density at radius 2 is 1.82 bits per heavy atom. The van der Waals surface area contributed by atoms with Gasteiger partial charge in [-0.3, -0.25) is 0 Å². The Balaban J connectivity index is 2.99. The molecule has 0 fully saturated rings. The number of allylic oxidation sites excluding steroid dienone is 1. The van der Waals surface area contributed by atoms with E-state index in [-0.39, 0.29) is 11.6 Å². The van der Waals surface area contributed by atoms with Crippen molar-refractivity contribution in [1.82, 2.24) is 0 Å². The lowest BCUT2D eigenvalue weighted by atomic mass is 10.2. The third kappa shape index (κ3) is 1.87. The highest BCUT2D eigenvalue weighted by Crippen LogP contribution is 2.15. The maximum atomic E-state index is 12.7. The predicted octanol–water partition coefficient (Wildman–Crippen LogP) is 3.16. The molecule has 0 aliphatic carbocycles. The van der Waals surface area contributed by atoms with Crippen LogP contribution < -0.4 is 0 Å². The molecule has 0 aliphatic rings. The summed E-state index contributed by atoms with van der Waals surface area (Å²) in [6.07, 6.45) is 1.34. The average molecular weight is 154 g/mol. The van der Waals surface area contributed by atoms with Crippen LogP contribution in [0.5, 0.6) is 0 Å². The van der Waals surface area contributed by atoms with Crippen molar-refractivity contribution in [2.24, 2.45) is 0 Å². The molecule has 1 aromatic carbocycles. The van der Waals surface area contributed by atoms with Gasteiger partial charge in [0.25, 0.3) is 0 Å². The highest BCUT2D eigenvalue weighted by molar-refractivity contribution is 5.58. The largest absolute Gasteiger partial charge is 0.207 e. The van der Waals surface area contributed by atoms with Gasteiger partial charge in [0, 0.05) is 5.56 Å². The molecule has 0 atom stereocenters. The van der Waals surface area contributed by atoms with Crippen molar-refractivity contribution >= 4 is 5.83 Å². The molecule has 1 rings (SSSR count). The first-order valence-corrected chi connectivity index (χ1v) is 3.32. The maximum Gasteiger partial charge on any atom is 0.126 e. The summed E-state index contributed by atoms with van der Waals surface area (Å²) in [5.41, 5.74) is 0.411. The van der Waals surface area contributed by atoms with Crippen LogP contribution in [0.2, 0.25) is 0 Å². The molecule has 2 heteroatoms. The van der Waals surface area contributed by atoms with E-state index >= 15 is 0 Å². The Morgan fingerprint density at radius 3 is 2.27 bits per heavy atom. The Kier molecular flexibility index (Phi) is 2.36. The van der Waals surface area contributed by atoms with Crippen molar-refractivity contribution < 1.29 is 8.78 Å². The van der Waals surface area contributed by atoms with Crippen molar-refractivity contribution in [2.75, 3.05) is 0 Å². The van der Waals surface area contributed by atoms with Gasteiger partial charge in [-0.15, -0.1) is 0 Å². The van der Waals surface area contributed by atoms with Crippen LogP contribution in [0, 0.1) is 5.82 Å². The van der Waals surface area contributed by atoms with Crippen molar-refractivity contribution in [2.45, 2.75) is 6.92 Å². The van der Waals surface area contributed by atoms with E-state index in [1.54, 1.807) is 6.92 Å². The van der Waals surface area contributed by atoms with Crippen LogP contribution in [0.3, 0.4) is 0 Å². The minimum Gasteiger partial charge on any atom is -0.207 e. The molecule has 0 aromatic heterocycles. The molecule has 0 saturated heterocycles. The first-order valence-electron chi connectivity index (χ1n) is 3.32. The molecule has 1 aromatic rings. The molecule has 0 bridgehead atoms. The summed E-state index contributed by atoms with van der Waals surface area (Å²) in [5, 5.41) is 0. The molecule has 0 spiro atoms. The molecule has 0 radical (unpaired) electrons. The molecular formula is C9H8F2. The fraction of sp³-hybridized carbons (Fsp3) is 0.111. The van der Waals surface area contributed by atoms with E-state index in [0.29, 0.717) is 5.56 Å². The molecule has 0 nitrogen and oxygen atoms in total. The summed E-state index contributed by atoms with van der Waals surface area (Å²) in [7, 11) is 0. The highest BCUT2D eigenvalue weighted by Gasteiger charge is 1.96. The van der Waals surface area contributed by atoms with Gasteiger partial charge in [0.2, 0.25) is 0 Å². The predicted molar refractivity (Wildman–Crippen MR) is 41.2 cm³/mol. The summed E-state index contributed by atoms with van der Waals surface area (Å²) in [6.45, 7) is 1.60. The molecule has 0 unspecified atom stereocenters. The molecule has 0 N–H and O–H groups in total. The lowest BCUT2D eigenvalue weighted by Crippen LogP contribution is -1.77. The molecular weight excluding hydrogens is 146 g/mol. The van der Waals surface area contributed by atoms with Gasteiger partial charge in [0.05, 0.1) is 0 Å². The number of benzene rings is 1. The van der Waals surface area contributed by atoms with Crippen LogP contribution in [-0.4, -0.2) is 0 Å². The second-order valence-electron chi connectivity index (χ2n) is 2.14. The van der Waals surface area contributed by atoms with Gasteiger partial charge in [-0.25, -0.2) is 8.78 Å². The second kappa shape index (κ2) is 3.28. The van der Waals surface area contributed by atoms with Gasteiger partial charge >= 0.3 is 0 Å². The molecule has 11 heavy (non-hydrogen) atoms. The quantitative estimate of drug-likeness (QED) is 0.582. The van der Waals surface area contributed by atoms with Gasteiger partial charge in [0.1, 0.15) is 11.6 Å². The lowest BCUT2D eigenvalue weighted by Gasteiger charge is -1.94. The third-order valence-electron chi connectivity index (χ3n) is 1.37. The number of halogens is 2. The third-order valence-corrected chi connectivity index (χ3v) is 1.37. The minimum absolute atomic E-state index is 0.329. The SMILES string of the molecule is CC=C(F)c1ccc(F)cc1. The van der Waals surface area contributed by atoms with E-state index in [1.807, 2.05) is 0 Å². The molecule has 0 aliphatic heterocycles. The van der Waals surface area contributed by atoms with Crippen LogP contribution in [0.15, 0.2) is 30.3 Å². The van der Waals surface area contributed by atoms with Crippen LogP contribution in [-0.2, 0) is 0 Å². The summed E-state index contributed by atoms with van der Waals surface area (Å²) in [4.78, 5) is 0. The van der Waals surface area contributed by atoms with E-state index in [2.05, 4.69) is 0 Å². The number of hydrogen-bond donors (Lipinski definition) is 0. The van der Waals surface area contributed by atoms with Gasteiger partial charge in [-0.2, -0.15) is 0 Å². The van der Waals surface area contributed by atoms with Crippen LogP contribution in [0.4, 0.5) is 8.78 Å². The molecule has 0 amide bonds. The second-order valence-corrected chi connectivity index (χ2v) is 2.14. The van der Waals surface area contributed by atoms with Crippen molar-refractivity contribution in [1.29, 1.82) is 0 Å². The fourth-order valence-electron chi connectivity index (χ4n) is 0.776. The topological polar surface area (TPSA) is 0 Å². The number of hydrogen-bond acceptors (Lipinski definition) is 0. The summed E-state index contributed by atoms with van der Waals surface area (Å²) < 4.78 is 25.0. The summed E-state index contributed by atoms with van der Waals surface area (Å²) in [5.74, 6) is -0.678. The summed E-state index contributed by atoms with van der Waals surface area (Å²) in [6, 6.07) is 5.28. The van der Waals surface area contributed by atoms with Crippen molar-refractivity contribution in [3.63, 3.8) is 0 Å². The van der Waals surface area contributed by atoms with Gasteiger partial charge < -0.3 is 0 Å². The molecule has 58 valence electrons. The van der Waals surface area contributed by atoms with E-state index in [4.69, 9.17) is 0 Å². The monoisotopic (exact) mass is 154 g/mol. The fourth-order valence-corrected chi connectivity index (χ4v) is 0.776.